The summed E-state index contributed by atoms with van der Waals surface area (Å²) in [5.74, 6) is 3.74. The van der Waals surface area contributed by atoms with Crippen molar-refractivity contribution in [1.82, 2.24) is 0 Å². The van der Waals surface area contributed by atoms with E-state index in [2.05, 4.69) is 84.1 Å². The third-order valence-electron chi connectivity index (χ3n) is 4.83. The van der Waals surface area contributed by atoms with Crippen LogP contribution in [-0.4, -0.2) is 5.75 Å². The highest BCUT2D eigenvalue weighted by Gasteiger charge is 2.43. The second-order valence-corrected chi connectivity index (χ2v) is 7.61. The molecule has 132 valence electrons. The van der Waals surface area contributed by atoms with E-state index in [9.17, 15) is 0 Å². The minimum atomic E-state index is -0.0831. The van der Waals surface area contributed by atoms with Gasteiger partial charge in [0, 0.05) is 18.1 Å². The average Bonchev–Trinajstić information content (AvgIpc) is 2.50. The largest absolute Gasteiger partial charge is 0.175 e. The summed E-state index contributed by atoms with van der Waals surface area (Å²) in [7, 11) is 0. The highest BCUT2D eigenvalue weighted by Crippen LogP contribution is 2.51. The summed E-state index contributed by atoms with van der Waals surface area (Å²) in [5.41, 5.74) is 2.17. The highest BCUT2D eigenvalue weighted by atomic mass is 32.1. The third-order valence-corrected chi connectivity index (χ3v) is 5.02. The van der Waals surface area contributed by atoms with Crippen LogP contribution in [0.1, 0.15) is 48.0 Å². The predicted octanol–water partition coefficient (Wildman–Crippen LogP) is 6.80. The number of hydrogen-bond acceptors (Lipinski definition) is 1. The van der Waals surface area contributed by atoms with Crippen LogP contribution >= 0.6 is 12.6 Å². The van der Waals surface area contributed by atoms with Crippen LogP contribution in [0.15, 0.2) is 60.3 Å². The van der Waals surface area contributed by atoms with Gasteiger partial charge in [0.05, 0.1) is 0 Å². The second-order valence-electron chi connectivity index (χ2n) is 7.25. The maximum absolute atomic E-state index is 5.74. The van der Waals surface area contributed by atoms with Crippen LogP contribution in [0.25, 0.3) is 0 Å². The van der Waals surface area contributed by atoms with Crippen LogP contribution in [0, 0.1) is 29.1 Å². The lowest BCUT2D eigenvalue weighted by Gasteiger charge is -2.46. The van der Waals surface area contributed by atoms with Crippen LogP contribution in [-0.2, 0) is 0 Å². The Balaban J connectivity index is 6.18. The van der Waals surface area contributed by atoms with Gasteiger partial charge in [-0.25, -0.2) is 0 Å². The zero-order valence-electron chi connectivity index (χ0n) is 16.3. The molecule has 0 aliphatic carbocycles. The summed E-state index contributed by atoms with van der Waals surface area (Å²) in [6.07, 6.45) is 21.1. The van der Waals surface area contributed by atoms with E-state index in [0.29, 0.717) is 12.2 Å². The van der Waals surface area contributed by atoms with Crippen molar-refractivity contribution in [3.8, 4) is 12.3 Å². The minimum Gasteiger partial charge on any atom is -0.175 e. The molecule has 24 heavy (non-hydrogen) atoms. The maximum atomic E-state index is 5.74. The fourth-order valence-electron chi connectivity index (χ4n) is 2.97. The van der Waals surface area contributed by atoms with Crippen LogP contribution in [0.3, 0.4) is 0 Å². The van der Waals surface area contributed by atoms with Crippen LogP contribution in [0.2, 0.25) is 0 Å². The van der Waals surface area contributed by atoms with Crippen molar-refractivity contribution in [2.75, 3.05) is 5.75 Å². The van der Waals surface area contributed by atoms with Gasteiger partial charge in [0.1, 0.15) is 0 Å². The van der Waals surface area contributed by atoms with Crippen molar-refractivity contribution in [2.24, 2.45) is 16.7 Å². The van der Waals surface area contributed by atoms with Crippen LogP contribution in [0.5, 0.6) is 0 Å². The van der Waals surface area contributed by atoms with E-state index in [1.807, 2.05) is 25.2 Å². The summed E-state index contributed by atoms with van der Waals surface area (Å²) >= 11 is 4.42. The molecule has 0 spiro atoms. The first-order chi connectivity index (χ1) is 11.2. The molecule has 0 radical (unpaired) electrons. The Labute approximate surface area is 155 Å². The minimum absolute atomic E-state index is 0.0596. The van der Waals surface area contributed by atoms with Gasteiger partial charge in [0.25, 0.3) is 0 Å². The molecule has 0 aromatic heterocycles. The number of hydrogen-bond donors (Lipinski definition) is 1. The molecule has 0 aliphatic heterocycles. The van der Waals surface area contributed by atoms with Gasteiger partial charge < -0.3 is 0 Å². The van der Waals surface area contributed by atoms with Gasteiger partial charge >= 0.3 is 0 Å². The van der Waals surface area contributed by atoms with Gasteiger partial charge in [-0.15, -0.1) is 12.3 Å². The third kappa shape index (κ3) is 5.91. The molecule has 0 aliphatic rings. The van der Waals surface area contributed by atoms with E-state index < -0.39 is 0 Å². The van der Waals surface area contributed by atoms with E-state index in [0.717, 1.165) is 5.57 Å². The van der Waals surface area contributed by atoms with E-state index in [1.165, 1.54) is 5.57 Å². The Hall–Kier alpha value is -1.39. The summed E-state index contributed by atoms with van der Waals surface area (Å²) in [4.78, 5) is 0. The van der Waals surface area contributed by atoms with Crippen molar-refractivity contribution in [3.05, 3.63) is 60.3 Å². The predicted molar refractivity (Wildman–Crippen MR) is 114 cm³/mol. The van der Waals surface area contributed by atoms with Crippen LogP contribution < -0.4 is 0 Å². The second kappa shape index (κ2) is 10.5. The Kier molecular flexibility index (Phi) is 9.86. The Bertz CT molecular complexity index is 558. The van der Waals surface area contributed by atoms with Crippen LogP contribution in [0.4, 0.5) is 0 Å². The molecular formula is C23H34S. The quantitative estimate of drug-likeness (QED) is 0.213. The summed E-state index contributed by atoms with van der Waals surface area (Å²) in [6.45, 7) is 17.5. The molecule has 0 fully saturated rings. The summed E-state index contributed by atoms with van der Waals surface area (Å²) < 4.78 is 0. The molecule has 0 amide bonds. The number of thiol groups is 1. The first kappa shape index (κ1) is 22.6. The lowest BCUT2D eigenvalue weighted by molar-refractivity contribution is 0.111. The van der Waals surface area contributed by atoms with Crippen molar-refractivity contribution in [3.63, 3.8) is 0 Å². The number of rotatable bonds is 8. The van der Waals surface area contributed by atoms with Crippen molar-refractivity contribution < 1.29 is 0 Å². The van der Waals surface area contributed by atoms with E-state index in [1.54, 1.807) is 0 Å². The molecule has 0 bridgehead atoms. The standard InChI is InChI=1S/C23H34S/c1-9-12-13-15-19(4)20(16-18-24)21(14-10-2)23(8,17-11-3)22(5,6)7/h2,9,11-13,15-17,21,24H,4,14,18H2,1,3,5-8H3/b12-9-,15-13-,17-11?,20-16-. The topological polar surface area (TPSA) is 0 Å². The fourth-order valence-corrected chi connectivity index (χ4v) is 3.17. The Morgan fingerprint density at radius 1 is 1.17 bits per heavy atom. The molecule has 0 aromatic rings. The van der Waals surface area contributed by atoms with Gasteiger partial charge in [-0.1, -0.05) is 76.8 Å². The lowest BCUT2D eigenvalue weighted by atomic mass is 9.57. The SMILES string of the molecule is C#CCC(/C(=C\CS)C(=C)/C=C\C=C/C)C(C)(C=CC)C(C)(C)C. The molecule has 0 rings (SSSR count). The molecule has 1 heteroatoms. The first-order valence-electron chi connectivity index (χ1n) is 8.56. The van der Waals surface area contributed by atoms with E-state index in [-0.39, 0.29) is 16.7 Å². The van der Waals surface area contributed by atoms with E-state index in [4.69, 9.17) is 6.42 Å². The monoisotopic (exact) mass is 342 g/mol. The smallest absolute Gasteiger partial charge is 0.0163 e. The number of terminal acetylenes is 1. The first-order valence-corrected chi connectivity index (χ1v) is 9.19. The molecule has 0 N–H and O–H groups in total. The molecule has 2 atom stereocenters. The van der Waals surface area contributed by atoms with Gasteiger partial charge in [-0.2, -0.15) is 12.6 Å². The summed E-state index contributed by atoms with van der Waals surface area (Å²) in [6, 6.07) is 0. The number of allylic oxidation sites excluding steroid dienone is 8. The maximum Gasteiger partial charge on any atom is 0.0163 e. The van der Waals surface area contributed by atoms with Gasteiger partial charge in [0.2, 0.25) is 0 Å². The molecule has 0 nitrogen and oxygen atoms in total. The zero-order chi connectivity index (χ0) is 18.8. The van der Waals surface area contributed by atoms with Crippen molar-refractivity contribution in [1.29, 1.82) is 0 Å². The van der Waals surface area contributed by atoms with Gasteiger partial charge in [-0.3, -0.25) is 0 Å². The van der Waals surface area contributed by atoms with Gasteiger partial charge in [0.15, 0.2) is 0 Å². The van der Waals surface area contributed by atoms with Gasteiger partial charge in [-0.05, 0) is 35.8 Å². The Morgan fingerprint density at radius 3 is 2.21 bits per heavy atom. The molecular weight excluding hydrogens is 308 g/mol. The fraction of sp³-hybridized carbons (Fsp3) is 0.478. The van der Waals surface area contributed by atoms with E-state index >= 15 is 0 Å². The van der Waals surface area contributed by atoms with Crippen molar-refractivity contribution in [2.45, 2.75) is 48.0 Å². The van der Waals surface area contributed by atoms with Crippen molar-refractivity contribution >= 4 is 12.6 Å². The Morgan fingerprint density at radius 2 is 1.79 bits per heavy atom. The highest BCUT2D eigenvalue weighted by molar-refractivity contribution is 7.80. The molecule has 0 saturated heterocycles. The molecule has 0 heterocycles. The average molecular weight is 343 g/mol. The lowest BCUT2D eigenvalue weighted by Crippen LogP contribution is -2.39. The molecule has 0 aromatic carbocycles. The molecule has 2 unspecified atom stereocenters. The zero-order valence-corrected chi connectivity index (χ0v) is 17.2. The summed E-state index contributed by atoms with van der Waals surface area (Å²) in [5, 5.41) is 0. The normalized spacial score (nSPS) is 17.3. The molecule has 0 saturated carbocycles.